The average molecular weight is 342 g/mol. The number of hydrogen-bond donors (Lipinski definition) is 1. The molecule has 0 atom stereocenters. The predicted molar refractivity (Wildman–Crippen MR) is 92.9 cm³/mol. The Labute approximate surface area is 141 Å². The van der Waals surface area contributed by atoms with Crippen LogP contribution in [-0.4, -0.2) is 19.8 Å². The minimum absolute atomic E-state index is 0.651. The first-order valence-corrected chi connectivity index (χ1v) is 8.25. The fraction of sp³-hybridized carbons (Fsp3) is 0.0625. The SMILES string of the molecule is Clc1ccc(-c2nnc3sc(CNc4ccccc4)nn23)cc1. The summed E-state index contributed by atoms with van der Waals surface area (Å²) in [5, 5.41) is 18.0. The third kappa shape index (κ3) is 2.91. The maximum absolute atomic E-state index is 5.93. The number of benzene rings is 2. The molecule has 5 nitrogen and oxygen atoms in total. The van der Waals surface area contributed by atoms with Crippen molar-refractivity contribution in [3.63, 3.8) is 0 Å². The molecule has 114 valence electrons. The van der Waals surface area contributed by atoms with E-state index in [4.69, 9.17) is 11.6 Å². The van der Waals surface area contributed by atoms with Gasteiger partial charge in [0.1, 0.15) is 5.01 Å². The maximum Gasteiger partial charge on any atom is 0.235 e. The Kier molecular flexibility index (Phi) is 3.69. The van der Waals surface area contributed by atoms with E-state index in [0.29, 0.717) is 11.6 Å². The lowest BCUT2D eigenvalue weighted by atomic mass is 10.2. The molecule has 0 radical (unpaired) electrons. The Balaban J connectivity index is 1.60. The van der Waals surface area contributed by atoms with E-state index in [1.54, 1.807) is 4.52 Å². The number of nitrogens with zero attached hydrogens (tertiary/aromatic N) is 4. The number of anilines is 1. The van der Waals surface area contributed by atoms with Crippen LogP contribution in [0.3, 0.4) is 0 Å². The molecule has 7 heteroatoms. The Morgan fingerprint density at radius 1 is 1.00 bits per heavy atom. The fourth-order valence-electron chi connectivity index (χ4n) is 2.24. The van der Waals surface area contributed by atoms with Crippen molar-refractivity contribution in [3.8, 4) is 11.4 Å². The van der Waals surface area contributed by atoms with Crippen LogP contribution in [0.2, 0.25) is 5.02 Å². The molecule has 4 aromatic rings. The van der Waals surface area contributed by atoms with Crippen LogP contribution in [0.25, 0.3) is 16.3 Å². The van der Waals surface area contributed by atoms with Gasteiger partial charge in [-0.2, -0.15) is 9.61 Å². The summed E-state index contributed by atoms with van der Waals surface area (Å²) in [5.74, 6) is 0.721. The van der Waals surface area contributed by atoms with Crippen LogP contribution in [0, 0.1) is 0 Å². The van der Waals surface area contributed by atoms with E-state index in [2.05, 4.69) is 20.6 Å². The minimum atomic E-state index is 0.651. The molecule has 1 N–H and O–H groups in total. The van der Waals surface area contributed by atoms with E-state index in [0.717, 1.165) is 27.0 Å². The van der Waals surface area contributed by atoms with Crippen LogP contribution >= 0.6 is 22.9 Å². The first-order valence-electron chi connectivity index (χ1n) is 7.05. The normalized spacial score (nSPS) is 11.0. The second kappa shape index (κ2) is 5.98. The van der Waals surface area contributed by atoms with Crippen LogP contribution in [0.1, 0.15) is 5.01 Å². The number of nitrogens with one attached hydrogen (secondary N) is 1. The van der Waals surface area contributed by atoms with E-state index in [1.807, 2.05) is 54.6 Å². The van der Waals surface area contributed by atoms with Crippen molar-refractivity contribution in [2.75, 3.05) is 5.32 Å². The second-order valence-corrected chi connectivity index (χ2v) is 6.42. The van der Waals surface area contributed by atoms with E-state index < -0.39 is 0 Å². The van der Waals surface area contributed by atoms with E-state index in [9.17, 15) is 0 Å². The van der Waals surface area contributed by atoms with E-state index >= 15 is 0 Å². The zero-order chi connectivity index (χ0) is 15.6. The van der Waals surface area contributed by atoms with Gasteiger partial charge in [0, 0.05) is 16.3 Å². The topological polar surface area (TPSA) is 55.1 Å². The summed E-state index contributed by atoms with van der Waals surface area (Å²) < 4.78 is 1.77. The zero-order valence-electron chi connectivity index (χ0n) is 12.0. The fourth-order valence-corrected chi connectivity index (χ4v) is 3.14. The van der Waals surface area contributed by atoms with Crippen molar-refractivity contribution in [2.45, 2.75) is 6.54 Å². The standard InChI is InChI=1S/C16H12ClN5S/c17-12-8-6-11(7-9-12)15-19-20-16-22(15)21-14(23-16)10-18-13-4-2-1-3-5-13/h1-9,18H,10H2. The van der Waals surface area contributed by atoms with Gasteiger partial charge in [0.25, 0.3) is 0 Å². The van der Waals surface area contributed by atoms with Gasteiger partial charge >= 0.3 is 0 Å². The van der Waals surface area contributed by atoms with Crippen molar-refractivity contribution in [2.24, 2.45) is 0 Å². The maximum atomic E-state index is 5.93. The first kappa shape index (κ1) is 14.2. The lowest BCUT2D eigenvalue weighted by Crippen LogP contribution is -2.00. The summed E-state index contributed by atoms with van der Waals surface area (Å²) in [5.41, 5.74) is 2.01. The van der Waals surface area contributed by atoms with Crippen molar-refractivity contribution >= 4 is 33.6 Å². The van der Waals surface area contributed by atoms with Gasteiger partial charge in [0.2, 0.25) is 4.96 Å². The summed E-state index contributed by atoms with van der Waals surface area (Å²) in [6.45, 7) is 0.651. The molecular weight excluding hydrogens is 330 g/mol. The number of fused-ring (bicyclic) bond motifs is 1. The second-order valence-electron chi connectivity index (χ2n) is 4.94. The Morgan fingerprint density at radius 3 is 2.57 bits per heavy atom. The van der Waals surface area contributed by atoms with Gasteiger partial charge in [-0.1, -0.05) is 41.1 Å². The molecule has 0 unspecified atom stereocenters. The summed E-state index contributed by atoms with van der Waals surface area (Å²) in [7, 11) is 0. The summed E-state index contributed by atoms with van der Waals surface area (Å²) in [6, 6.07) is 17.6. The average Bonchev–Trinajstić information content (AvgIpc) is 3.15. The van der Waals surface area contributed by atoms with Crippen LogP contribution in [-0.2, 0) is 6.54 Å². The molecule has 2 heterocycles. The Hall–Kier alpha value is -2.44. The molecule has 0 amide bonds. The van der Waals surface area contributed by atoms with Gasteiger partial charge in [-0.25, -0.2) is 0 Å². The molecule has 4 rings (SSSR count). The highest BCUT2D eigenvalue weighted by molar-refractivity contribution is 7.16. The minimum Gasteiger partial charge on any atom is -0.378 e. The van der Waals surface area contributed by atoms with Gasteiger partial charge in [-0.05, 0) is 36.4 Å². The zero-order valence-corrected chi connectivity index (χ0v) is 13.6. The molecule has 0 saturated heterocycles. The van der Waals surface area contributed by atoms with Gasteiger partial charge in [0.05, 0.1) is 6.54 Å². The summed E-state index contributed by atoms with van der Waals surface area (Å²) in [4.78, 5) is 0.778. The van der Waals surface area contributed by atoms with Gasteiger partial charge in [0.15, 0.2) is 5.82 Å². The summed E-state index contributed by atoms with van der Waals surface area (Å²) >= 11 is 7.46. The smallest absolute Gasteiger partial charge is 0.235 e. The number of hydrogen-bond acceptors (Lipinski definition) is 5. The molecule has 0 aliphatic heterocycles. The van der Waals surface area contributed by atoms with Crippen LogP contribution in [0.15, 0.2) is 54.6 Å². The van der Waals surface area contributed by atoms with E-state index in [-0.39, 0.29) is 0 Å². The molecule has 23 heavy (non-hydrogen) atoms. The van der Waals surface area contributed by atoms with Crippen LogP contribution in [0.5, 0.6) is 0 Å². The molecular formula is C16H12ClN5S. The number of rotatable bonds is 4. The lowest BCUT2D eigenvalue weighted by molar-refractivity contribution is 0.911. The van der Waals surface area contributed by atoms with Gasteiger partial charge < -0.3 is 5.32 Å². The predicted octanol–water partition coefficient (Wildman–Crippen LogP) is 4.12. The highest BCUT2D eigenvalue weighted by atomic mass is 35.5. The van der Waals surface area contributed by atoms with Gasteiger partial charge in [-0.15, -0.1) is 10.2 Å². The number of para-hydroxylation sites is 1. The van der Waals surface area contributed by atoms with Gasteiger partial charge in [-0.3, -0.25) is 0 Å². The third-order valence-corrected chi connectivity index (χ3v) is 4.50. The molecule has 0 aliphatic carbocycles. The Bertz CT molecular complexity index is 930. The van der Waals surface area contributed by atoms with Crippen molar-refractivity contribution < 1.29 is 0 Å². The largest absolute Gasteiger partial charge is 0.378 e. The number of halogens is 1. The van der Waals surface area contributed by atoms with Crippen molar-refractivity contribution in [1.82, 2.24) is 19.8 Å². The third-order valence-electron chi connectivity index (χ3n) is 3.35. The van der Waals surface area contributed by atoms with Crippen LogP contribution < -0.4 is 5.32 Å². The monoisotopic (exact) mass is 341 g/mol. The van der Waals surface area contributed by atoms with Crippen molar-refractivity contribution in [3.05, 3.63) is 64.6 Å². The molecule has 0 bridgehead atoms. The van der Waals surface area contributed by atoms with E-state index in [1.165, 1.54) is 11.3 Å². The molecule has 0 aliphatic rings. The Morgan fingerprint density at radius 2 is 1.78 bits per heavy atom. The molecule has 0 saturated carbocycles. The molecule has 2 aromatic heterocycles. The highest BCUT2D eigenvalue weighted by Crippen LogP contribution is 2.23. The molecule has 2 aromatic carbocycles. The molecule has 0 fully saturated rings. The highest BCUT2D eigenvalue weighted by Gasteiger charge is 2.13. The molecule has 0 spiro atoms. The number of aromatic nitrogens is 4. The summed E-state index contributed by atoms with van der Waals surface area (Å²) in [6.07, 6.45) is 0. The quantitative estimate of drug-likeness (QED) is 0.606. The van der Waals surface area contributed by atoms with Crippen molar-refractivity contribution in [1.29, 1.82) is 0 Å². The van der Waals surface area contributed by atoms with Crippen LogP contribution in [0.4, 0.5) is 5.69 Å². The first-order chi connectivity index (χ1) is 11.3. The lowest BCUT2D eigenvalue weighted by Gasteiger charge is -2.02.